The van der Waals surface area contributed by atoms with Gasteiger partial charge in [-0.3, -0.25) is 5.73 Å². The standard InChI is InChI=1S/C4H9ClN/c1-2-4(5)3-6/h4,6H,2-3H2,1H3. The first-order valence-corrected chi connectivity index (χ1v) is 2.53. The Labute approximate surface area is 43.5 Å². The van der Waals surface area contributed by atoms with Gasteiger partial charge in [0.25, 0.3) is 0 Å². The van der Waals surface area contributed by atoms with Crippen LogP contribution in [0.25, 0.3) is 0 Å². The second-order valence-electron chi connectivity index (χ2n) is 1.21. The normalized spacial score (nSPS) is 14.5. The fourth-order valence-electron chi connectivity index (χ4n) is 0.144. The van der Waals surface area contributed by atoms with E-state index in [-0.39, 0.29) is 5.38 Å². The summed E-state index contributed by atoms with van der Waals surface area (Å²) >= 11 is 5.46. The van der Waals surface area contributed by atoms with Gasteiger partial charge in [-0.15, -0.1) is 11.6 Å². The molecule has 1 atom stereocenters. The zero-order chi connectivity index (χ0) is 4.99. The Morgan fingerprint density at radius 3 is 2.33 bits per heavy atom. The maximum atomic E-state index is 6.68. The van der Waals surface area contributed by atoms with Gasteiger partial charge >= 0.3 is 0 Å². The van der Waals surface area contributed by atoms with Crippen LogP contribution in [0.4, 0.5) is 0 Å². The number of alkyl halides is 1. The number of hydrogen-bond donors (Lipinski definition) is 0. The summed E-state index contributed by atoms with van der Waals surface area (Å²) < 4.78 is 0. The number of halogens is 1. The highest BCUT2D eigenvalue weighted by Crippen LogP contribution is 1.96. The lowest BCUT2D eigenvalue weighted by molar-refractivity contribution is 0.803. The van der Waals surface area contributed by atoms with E-state index in [1.54, 1.807) is 0 Å². The van der Waals surface area contributed by atoms with Crippen LogP contribution in [0.1, 0.15) is 13.3 Å². The predicted octanol–water partition coefficient (Wildman–Crippen LogP) is 1.29. The maximum absolute atomic E-state index is 6.68. The topological polar surface area (TPSA) is 23.8 Å². The van der Waals surface area contributed by atoms with Gasteiger partial charge in [0.05, 0.1) is 0 Å². The fourth-order valence-corrected chi connectivity index (χ4v) is 0.144. The smallest absolute Gasteiger partial charge is 0.0471 e. The second-order valence-corrected chi connectivity index (χ2v) is 1.83. The molecule has 1 nitrogen and oxygen atoms in total. The minimum atomic E-state index is 0.0741. The molecule has 0 aliphatic rings. The summed E-state index contributed by atoms with van der Waals surface area (Å²) in [7, 11) is 0. The molecule has 0 bridgehead atoms. The van der Waals surface area contributed by atoms with Gasteiger partial charge in [-0.25, -0.2) is 0 Å². The molecule has 0 saturated carbocycles. The van der Waals surface area contributed by atoms with Crippen LogP contribution in [-0.4, -0.2) is 11.9 Å². The quantitative estimate of drug-likeness (QED) is 0.474. The summed E-state index contributed by atoms with van der Waals surface area (Å²) in [5.41, 5.74) is 6.68. The minimum absolute atomic E-state index is 0.0741. The molecule has 6 heavy (non-hydrogen) atoms. The van der Waals surface area contributed by atoms with Gasteiger partial charge in [0, 0.05) is 11.9 Å². The Kier molecular flexibility index (Phi) is 3.58. The molecule has 0 aliphatic carbocycles. The Bertz CT molecular complexity index is 26.7. The molecule has 0 aromatic heterocycles. The van der Waals surface area contributed by atoms with Crippen LogP contribution in [-0.2, 0) is 0 Å². The van der Waals surface area contributed by atoms with Gasteiger partial charge in [-0.2, -0.15) is 0 Å². The van der Waals surface area contributed by atoms with Gasteiger partial charge in [0.15, 0.2) is 0 Å². The van der Waals surface area contributed by atoms with E-state index < -0.39 is 0 Å². The van der Waals surface area contributed by atoms with Gasteiger partial charge in [-0.05, 0) is 6.42 Å². The lowest BCUT2D eigenvalue weighted by Crippen LogP contribution is -2.02. The minimum Gasteiger partial charge on any atom is -0.256 e. The molecule has 0 aromatic carbocycles. The van der Waals surface area contributed by atoms with Crippen LogP contribution in [0.5, 0.6) is 0 Å². The van der Waals surface area contributed by atoms with Crippen molar-refractivity contribution < 1.29 is 0 Å². The van der Waals surface area contributed by atoms with E-state index in [1.165, 1.54) is 0 Å². The summed E-state index contributed by atoms with van der Waals surface area (Å²) in [5, 5.41) is 0.0741. The van der Waals surface area contributed by atoms with Crippen LogP contribution < -0.4 is 5.73 Å². The molecule has 0 spiro atoms. The van der Waals surface area contributed by atoms with Crippen molar-refractivity contribution in [2.45, 2.75) is 18.7 Å². The van der Waals surface area contributed by atoms with Crippen LogP contribution in [0, 0.1) is 0 Å². The molecule has 0 aromatic rings. The summed E-state index contributed by atoms with van der Waals surface area (Å²) in [6, 6.07) is 0. The van der Waals surface area contributed by atoms with E-state index in [0.29, 0.717) is 6.54 Å². The zero-order valence-corrected chi connectivity index (χ0v) is 4.63. The van der Waals surface area contributed by atoms with Gasteiger partial charge < -0.3 is 0 Å². The van der Waals surface area contributed by atoms with E-state index in [0.717, 1.165) is 6.42 Å². The molecule has 1 radical (unpaired) electrons. The summed E-state index contributed by atoms with van der Waals surface area (Å²) in [4.78, 5) is 0. The van der Waals surface area contributed by atoms with Crippen molar-refractivity contribution in [3.05, 3.63) is 0 Å². The average Bonchev–Trinajstić information content (AvgIpc) is 1.65. The number of hydrogen-bond acceptors (Lipinski definition) is 0. The first kappa shape index (κ1) is 6.25. The van der Waals surface area contributed by atoms with Crippen molar-refractivity contribution in [1.29, 1.82) is 0 Å². The highest BCUT2D eigenvalue weighted by molar-refractivity contribution is 6.20. The van der Waals surface area contributed by atoms with Crippen molar-refractivity contribution in [1.82, 2.24) is 5.73 Å². The number of nitrogens with one attached hydrogen (secondary N) is 1. The lowest BCUT2D eigenvalue weighted by atomic mass is 10.3. The van der Waals surface area contributed by atoms with Crippen molar-refractivity contribution in [3.63, 3.8) is 0 Å². The summed E-state index contributed by atoms with van der Waals surface area (Å²) in [6.45, 7) is 2.32. The van der Waals surface area contributed by atoms with Crippen LogP contribution in [0.2, 0.25) is 0 Å². The molecule has 1 N–H and O–H groups in total. The third kappa shape index (κ3) is 2.49. The molecular weight excluding hydrogens is 97.5 g/mol. The summed E-state index contributed by atoms with van der Waals surface area (Å²) in [6.07, 6.45) is 0.908. The highest BCUT2D eigenvalue weighted by Gasteiger charge is 1.92. The van der Waals surface area contributed by atoms with E-state index in [9.17, 15) is 0 Å². The van der Waals surface area contributed by atoms with Crippen LogP contribution in [0.15, 0.2) is 0 Å². The molecule has 2 heteroatoms. The molecule has 0 saturated heterocycles. The molecule has 0 rings (SSSR count). The average molecular weight is 107 g/mol. The van der Waals surface area contributed by atoms with E-state index in [1.807, 2.05) is 6.92 Å². The van der Waals surface area contributed by atoms with Gasteiger partial charge in [0.2, 0.25) is 0 Å². The van der Waals surface area contributed by atoms with Crippen LogP contribution >= 0.6 is 11.6 Å². The fraction of sp³-hybridized carbons (Fsp3) is 1.00. The van der Waals surface area contributed by atoms with Gasteiger partial charge in [-0.1, -0.05) is 6.92 Å². The largest absolute Gasteiger partial charge is 0.256 e. The van der Waals surface area contributed by atoms with Gasteiger partial charge in [0.1, 0.15) is 0 Å². The third-order valence-electron chi connectivity index (χ3n) is 0.664. The first-order valence-electron chi connectivity index (χ1n) is 2.10. The molecule has 0 heterocycles. The predicted molar refractivity (Wildman–Crippen MR) is 27.9 cm³/mol. The lowest BCUT2D eigenvalue weighted by Gasteiger charge is -1.95. The van der Waals surface area contributed by atoms with Crippen molar-refractivity contribution >= 4 is 11.6 Å². The van der Waals surface area contributed by atoms with Crippen molar-refractivity contribution in [2.24, 2.45) is 0 Å². The second kappa shape index (κ2) is 3.44. The number of rotatable bonds is 2. The molecule has 0 amide bonds. The summed E-state index contributed by atoms with van der Waals surface area (Å²) in [5.74, 6) is 0. The molecule has 1 unspecified atom stereocenters. The van der Waals surface area contributed by atoms with E-state index in [2.05, 4.69) is 0 Å². The van der Waals surface area contributed by atoms with E-state index >= 15 is 0 Å². The molecule has 0 aliphatic heterocycles. The Hall–Kier alpha value is 0.250. The SMILES string of the molecule is CCC(Cl)C[NH]. The van der Waals surface area contributed by atoms with Crippen LogP contribution in [0.3, 0.4) is 0 Å². The van der Waals surface area contributed by atoms with E-state index in [4.69, 9.17) is 17.3 Å². The van der Waals surface area contributed by atoms with Crippen molar-refractivity contribution in [3.8, 4) is 0 Å². The zero-order valence-electron chi connectivity index (χ0n) is 3.87. The third-order valence-corrected chi connectivity index (χ3v) is 1.13. The Balaban J connectivity index is 2.75. The Morgan fingerprint density at radius 2 is 2.33 bits per heavy atom. The molecule has 0 fully saturated rings. The highest BCUT2D eigenvalue weighted by atomic mass is 35.5. The Morgan fingerprint density at radius 1 is 1.83 bits per heavy atom. The monoisotopic (exact) mass is 106 g/mol. The van der Waals surface area contributed by atoms with Crippen molar-refractivity contribution in [2.75, 3.05) is 6.54 Å². The first-order chi connectivity index (χ1) is 2.81. The maximum Gasteiger partial charge on any atom is 0.0471 e. The molecule has 37 valence electrons. The molecular formula is C4H9ClN.